The fraction of sp³-hybridized carbons (Fsp3) is 0.250. The Bertz CT molecular complexity index is 664. The first-order chi connectivity index (χ1) is 9.70. The third-order valence-electron chi connectivity index (χ3n) is 3.71. The van der Waals surface area contributed by atoms with Crippen molar-refractivity contribution in [3.8, 4) is 0 Å². The summed E-state index contributed by atoms with van der Waals surface area (Å²) in [5, 5.41) is 11.5. The smallest absolute Gasteiger partial charge is 0.331 e. The summed E-state index contributed by atoms with van der Waals surface area (Å²) in [5.41, 5.74) is 0.648. The lowest BCUT2D eigenvalue weighted by Crippen LogP contribution is -2.34. The number of aliphatic carboxylic acids is 1. The minimum Gasteiger partial charge on any atom is -0.479 e. The predicted octanol–water partition coefficient (Wildman–Crippen LogP) is 2.59. The molecule has 1 aliphatic rings. The zero-order valence-corrected chi connectivity index (χ0v) is 10.9. The molecule has 0 saturated heterocycles. The molecule has 3 rings (SSSR count). The van der Waals surface area contributed by atoms with E-state index in [0.29, 0.717) is 12.0 Å². The molecule has 4 heteroatoms. The van der Waals surface area contributed by atoms with Gasteiger partial charge < -0.3 is 10.0 Å². The van der Waals surface area contributed by atoms with Crippen molar-refractivity contribution in [1.29, 1.82) is 0 Å². The van der Waals surface area contributed by atoms with Crippen molar-refractivity contribution >= 4 is 23.2 Å². The molecule has 1 N–H and O–H groups in total. The van der Waals surface area contributed by atoms with E-state index in [-0.39, 0.29) is 6.04 Å². The number of benzene rings is 2. The minimum absolute atomic E-state index is 0.0695. The molecule has 0 radical (unpaired) electrons. The second kappa shape index (κ2) is 4.96. The predicted molar refractivity (Wildman–Crippen MR) is 75.2 cm³/mol. The Hall–Kier alpha value is -2.36. The summed E-state index contributed by atoms with van der Waals surface area (Å²) < 4.78 is 0. The van der Waals surface area contributed by atoms with Gasteiger partial charge in [-0.05, 0) is 35.2 Å². The van der Waals surface area contributed by atoms with E-state index in [1.165, 1.54) is 4.90 Å². The van der Waals surface area contributed by atoms with Gasteiger partial charge in [-0.25, -0.2) is 4.79 Å². The first kappa shape index (κ1) is 12.7. The van der Waals surface area contributed by atoms with Gasteiger partial charge in [0.05, 0.1) is 0 Å². The van der Waals surface area contributed by atoms with E-state index in [1.807, 2.05) is 36.4 Å². The normalized spacial score (nSPS) is 15.8. The fourth-order valence-electron chi connectivity index (χ4n) is 2.55. The molecule has 1 amide bonds. The minimum atomic E-state index is -0.987. The van der Waals surface area contributed by atoms with E-state index >= 15 is 0 Å². The molecule has 0 aliphatic heterocycles. The third kappa shape index (κ3) is 2.25. The number of nitrogens with zero attached hydrogens (tertiary/aromatic N) is 1. The van der Waals surface area contributed by atoms with E-state index in [1.54, 1.807) is 6.07 Å². The van der Waals surface area contributed by atoms with Gasteiger partial charge in [0.15, 0.2) is 6.04 Å². The van der Waals surface area contributed by atoms with Gasteiger partial charge >= 0.3 is 5.97 Å². The second-order valence-corrected chi connectivity index (χ2v) is 5.13. The van der Waals surface area contributed by atoms with Crippen molar-refractivity contribution < 1.29 is 14.7 Å². The van der Waals surface area contributed by atoms with Crippen LogP contribution < -0.4 is 0 Å². The summed E-state index contributed by atoms with van der Waals surface area (Å²) in [5.74, 6) is -0.987. The molecule has 1 aliphatic carbocycles. The van der Waals surface area contributed by atoms with Gasteiger partial charge in [0.25, 0.3) is 0 Å². The van der Waals surface area contributed by atoms with Crippen LogP contribution in [0, 0.1) is 0 Å². The molecular weight excluding hydrogens is 254 g/mol. The molecule has 2 aromatic carbocycles. The summed E-state index contributed by atoms with van der Waals surface area (Å²) in [6, 6.07) is 12.5. The lowest BCUT2D eigenvalue weighted by Gasteiger charge is -2.25. The van der Waals surface area contributed by atoms with Gasteiger partial charge in [-0.1, -0.05) is 36.4 Å². The number of carboxylic acid groups (broad SMARTS) is 1. The van der Waals surface area contributed by atoms with Crippen LogP contribution in [0.3, 0.4) is 0 Å². The summed E-state index contributed by atoms with van der Waals surface area (Å²) in [4.78, 5) is 24.2. The molecule has 1 saturated carbocycles. The number of hydrogen-bond acceptors (Lipinski definition) is 2. The van der Waals surface area contributed by atoms with Gasteiger partial charge in [-0.3, -0.25) is 4.79 Å². The van der Waals surface area contributed by atoms with E-state index < -0.39 is 12.0 Å². The molecule has 2 aromatic rings. The Balaban J connectivity index is 2.04. The molecule has 4 nitrogen and oxygen atoms in total. The van der Waals surface area contributed by atoms with Crippen molar-refractivity contribution in [3.63, 3.8) is 0 Å². The topological polar surface area (TPSA) is 57.6 Å². The molecular formula is C16H15NO3. The molecule has 1 fully saturated rings. The van der Waals surface area contributed by atoms with Gasteiger partial charge in [0, 0.05) is 6.04 Å². The SMILES string of the molecule is O=CN(C1CC1)C(C(=O)O)c1ccc2ccccc2c1. The average Bonchev–Trinajstić information content (AvgIpc) is 3.28. The van der Waals surface area contributed by atoms with E-state index in [9.17, 15) is 14.7 Å². The maximum atomic E-state index is 11.6. The molecule has 0 spiro atoms. The Labute approximate surface area is 116 Å². The van der Waals surface area contributed by atoms with E-state index in [0.717, 1.165) is 23.6 Å². The van der Waals surface area contributed by atoms with Crippen LogP contribution in [0.2, 0.25) is 0 Å². The number of amides is 1. The largest absolute Gasteiger partial charge is 0.479 e. The van der Waals surface area contributed by atoms with Gasteiger partial charge in [0.2, 0.25) is 6.41 Å². The molecule has 1 atom stereocenters. The van der Waals surface area contributed by atoms with Crippen molar-refractivity contribution in [1.82, 2.24) is 4.90 Å². The van der Waals surface area contributed by atoms with Crippen molar-refractivity contribution in [2.45, 2.75) is 24.9 Å². The Morgan fingerprint density at radius 3 is 2.50 bits per heavy atom. The molecule has 0 aromatic heterocycles. The average molecular weight is 269 g/mol. The summed E-state index contributed by atoms with van der Waals surface area (Å²) in [7, 11) is 0. The fourth-order valence-corrected chi connectivity index (χ4v) is 2.55. The third-order valence-corrected chi connectivity index (χ3v) is 3.71. The maximum Gasteiger partial charge on any atom is 0.331 e. The molecule has 0 heterocycles. The molecule has 0 bridgehead atoms. The maximum absolute atomic E-state index is 11.6. The summed E-state index contributed by atoms with van der Waals surface area (Å²) >= 11 is 0. The summed E-state index contributed by atoms with van der Waals surface area (Å²) in [6.07, 6.45) is 2.43. The monoisotopic (exact) mass is 269 g/mol. The molecule has 102 valence electrons. The van der Waals surface area contributed by atoms with Crippen LogP contribution in [0.25, 0.3) is 10.8 Å². The highest BCUT2D eigenvalue weighted by atomic mass is 16.4. The lowest BCUT2D eigenvalue weighted by atomic mass is 10.0. The van der Waals surface area contributed by atoms with Gasteiger partial charge in [-0.2, -0.15) is 0 Å². The van der Waals surface area contributed by atoms with Crippen molar-refractivity contribution in [3.05, 3.63) is 48.0 Å². The van der Waals surface area contributed by atoms with Crippen LogP contribution in [0.15, 0.2) is 42.5 Å². The van der Waals surface area contributed by atoms with Crippen LogP contribution in [0.1, 0.15) is 24.4 Å². The van der Waals surface area contributed by atoms with Crippen LogP contribution in [0.4, 0.5) is 0 Å². The first-order valence-electron chi connectivity index (χ1n) is 6.65. The lowest BCUT2D eigenvalue weighted by molar-refractivity contribution is -0.147. The van der Waals surface area contributed by atoms with Crippen LogP contribution in [-0.4, -0.2) is 28.4 Å². The van der Waals surface area contributed by atoms with Crippen molar-refractivity contribution in [2.24, 2.45) is 0 Å². The number of carboxylic acids is 1. The number of rotatable bonds is 5. The van der Waals surface area contributed by atoms with Crippen LogP contribution in [-0.2, 0) is 9.59 Å². The molecule has 20 heavy (non-hydrogen) atoms. The van der Waals surface area contributed by atoms with Crippen molar-refractivity contribution in [2.75, 3.05) is 0 Å². The standard InChI is InChI=1S/C16H15NO3/c18-10-17(14-7-8-14)15(16(19)20)13-6-5-11-3-1-2-4-12(11)9-13/h1-6,9-10,14-15H,7-8H2,(H,19,20). The quantitative estimate of drug-likeness (QED) is 0.849. The van der Waals surface area contributed by atoms with Crippen LogP contribution in [0.5, 0.6) is 0 Å². The highest BCUT2D eigenvalue weighted by Gasteiger charge is 2.37. The second-order valence-electron chi connectivity index (χ2n) is 5.13. The van der Waals surface area contributed by atoms with Gasteiger partial charge in [0.1, 0.15) is 0 Å². The molecule has 1 unspecified atom stereocenters. The number of hydrogen-bond donors (Lipinski definition) is 1. The number of fused-ring (bicyclic) bond motifs is 1. The van der Waals surface area contributed by atoms with Gasteiger partial charge in [-0.15, -0.1) is 0 Å². The Morgan fingerprint density at radius 2 is 1.90 bits per heavy atom. The summed E-state index contributed by atoms with van der Waals surface area (Å²) in [6.45, 7) is 0. The highest BCUT2D eigenvalue weighted by molar-refractivity contribution is 5.86. The zero-order chi connectivity index (χ0) is 14.1. The zero-order valence-electron chi connectivity index (χ0n) is 10.9. The first-order valence-corrected chi connectivity index (χ1v) is 6.65. The Morgan fingerprint density at radius 1 is 1.20 bits per heavy atom. The van der Waals surface area contributed by atoms with Crippen LogP contribution >= 0.6 is 0 Å². The highest BCUT2D eigenvalue weighted by Crippen LogP contribution is 2.34. The Kier molecular flexibility index (Phi) is 3.14. The van der Waals surface area contributed by atoms with E-state index in [2.05, 4.69) is 0 Å². The number of carbonyl (C=O) groups excluding carboxylic acids is 1. The number of carbonyl (C=O) groups is 2. The van der Waals surface area contributed by atoms with E-state index in [4.69, 9.17) is 0 Å².